The van der Waals surface area contributed by atoms with E-state index < -0.39 is 0 Å². The van der Waals surface area contributed by atoms with Crippen LogP contribution in [0.2, 0.25) is 0 Å². The first-order valence-corrected chi connectivity index (χ1v) is 6.81. The molecule has 1 aliphatic carbocycles. The number of hydrogen-bond acceptors (Lipinski definition) is 2. The van der Waals surface area contributed by atoms with Crippen LogP contribution in [0, 0.1) is 0 Å². The van der Waals surface area contributed by atoms with Crippen molar-refractivity contribution in [2.75, 3.05) is 7.05 Å². The molecule has 1 aromatic rings. The molecule has 18 heavy (non-hydrogen) atoms. The fourth-order valence-electron chi connectivity index (χ4n) is 3.36. The van der Waals surface area contributed by atoms with Gasteiger partial charge < -0.3 is 4.90 Å². The molecule has 1 unspecified atom stereocenters. The SMILES string of the molecule is CN1C(=O)C(Cc2ccccc2)NC12CCCC2. The number of nitrogens with zero attached hydrogens (tertiary/aromatic N) is 1. The Morgan fingerprint density at radius 1 is 1.28 bits per heavy atom. The first-order chi connectivity index (χ1) is 8.71. The Morgan fingerprint density at radius 2 is 1.94 bits per heavy atom. The third kappa shape index (κ3) is 1.83. The molecule has 1 aromatic carbocycles. The van der Waals surface area contributed by atoms with Crippen LogP contribution in [0.1, 0.15) is 31.2 Å². The maximum atomic E-state index is 12.3. The highest BCUT2D eigenvalue weighted by atomic mass is 16.2. The number of carbonyl (C=O) groups is 1. The molecule has 3 nitrogen and oxygen atoms in total. The summed E-state index contributed by atoms with van der Waals surface area (Å²) in [5.74, 6) is 0.251. The summed E-state index contributed by atoms with van der Waals surface area (Å²) >= 11 is 0. The predicted octanol–water partition coefficient (Wildman–Crippen LogP) is 1.93. The van der Waals surface area contributed by atoms with Crippen LogP contribution in [0.15, 0.2) is 30.3 Å². The molecule has 96 valence electrons. The number of rotatable bonds is 2. The normalized spacial score (nSPS) is 26.2. The molecule has 3 heteroatoms. The zero-order valence-corrected chi connectivity index (χ0v) is 10.9. The van der Waals surface area contributed by atoms with E-state index >= 15 is 0 Å². The summed E-state index contributed by atoms with van der Waals surface area (Å²) in [5.41, 5.74) is 1.18. The average Bonchev–Trinajstić information content (AvgIpc) is 2.94. The Kier molecular flexibility index (Phi) is 2.86. The van der Waals surface area contributed by atoms with Crippen molar-refractivity contribution in [3.05, 3.63) is 35.9 Å². The maximum absolute atomic E-state index is 12.3. The van der Waals surface area contributed by atoms with Crippen molar-refractivity contribution in [1.29, 1.82) is 0 Å². The number of amides is 1. The lowest BCUT2D eigenvalue weighted by Gasteiger charge is -2.31. The Balaban J connectivity index is 1.77. The third-order valence-electron chi connectivity index (χ3n) is 4.43. The molecular weight excluding hydrogens is 224 g/mol. The second kappa shape index (κ2) is 4.39. The summed E-state index contributed by atoms with van der Waals surface area (Å²) in [7, 11) is 1.95. The highest BCUT2D eigenvalue weighted by Gasteiger charge is 2.49. The van der Waals surface area contributed by atoms with E-state index in [9.17, 15) is 4.79 Å². The van der Waals surface area contributed by atoms with E-state index in [1.165, 1.54) is 18.4 Å². The van der Waals surface area contributed by atoms with E-state index in [0.717, 1.165) is 19.3 Å². The van der Waals surface area contributed by atoms with Gasteiger partial charge in [0.25, 0.3) is 0 Å². The van der Waals surface area contributed by atoms with Crippen molar-refractivity contribution in [2.24, 2.45) is 0 Å². The lowest BCUT2D eigenvalue weighted by atomic mass is 10.1. The minimum Gasteiger partial charge on any atom is -0.326 e. The van der Waals surface area contributed by atoms with Crippen LogP contribution in [0.4, 0.5) is 0 Å². The van der Waals surface area contributed by atoms with E-state index in [1.807, 2.05) is 30.1 Å². The lowest BCUT2D eigenvalue weighted by Crippen LogP contribution is -2.48. The number of likely N-dealkylation sites (N-methyl/N-ethyl adjacent to an activating group) is 1. The zero-order chi connectivity index (χ0) is 12.6. The van der Waals surface area contributed by atoms with Crippen LogP contribution >= 0.6 is 0 Å². The smallest absolute Gasteiger partial charge is 0.241 e. The van der Waals surface area contributed by atoms with Gasteiger partial charge in [-0.25, -0.2) is 0 Å². The summed E-state index contributed by atoms with van der Waals surface area (Å²) in [6.07, 6.45) is 5.44. The van der Waals surface area contributed by atoms with Gasteiger partial charge in [0.2, 0.25) is 5.91 Å². The quantitative estimate of drug-likeness (QED) is 0.862. The second-order valence-corrected chi connectivity index (χ2v) is 5.52. The fraction of sp³-hybridized carbons (Fsp3) is 0.533. The van der Waals surface area contributed by atoms with Gasteiger partial charge in [0.05, 0.1) is 11.7 Å². The van der Waals surface area contributed by atoms with Crippen molar-refractivity contribution in [1.82, 2.24) is 10.2 Å². The first kappa shape index (κ1) is 11.7. The molecule has 3 rings (SSSR count). The topological polar surface area (TPSA) is 32.3 Å². The molecule has 2 aliphatic rings. The molecule has 1 N–H and O–H groups in total. The van der Waals surface area contributed by atoms with Gasteiger partial charge in [-0.3, -0.25) is 10.1 Å². The van der Waals surface area contributed by atoms with E-state index in [2.05, 4.69) is 17.4 Å². The van der Waals surface area contributed by atoms with Gasteiger partial charge in [-0.2, -0.15) is 0 Å². The standard InChI is InChI=1S/C15H20N2O/c1-17-14(18)13(11-12-7-3-2-4-8-12)16-15(17)9-5-6-10-15/h2-4,7-8,13,16H,5-6,9-11H2,1H3. The van der Waals surface area contributed by atoms with E-state index in [1.54, 1.807) is 0 Å². The maximum Gasteiger partial charge on any atom is 0.241 e. The van der Waals surface area contributed by atoms with E-state index in [-0.39, 0.29) is 17.6 Å². The minimum absolute atomic E-state index is 0.0451. The summed E-state index contributed by atoms with van der Waals surface area (Å²) in [4.78, 5) is 14.3. The van der Waals surface area contributed by atoms with Crippen molar-refractivity contribution in [2.45, 2.75) is 43.8 Å². The van der Waals surface area contributed by atoms with Crippen LogP contribution in [-0.4, -0.2) is 29.6 Å². The van der Waals surface area contributed by atoms with Gasteiger partial charge in [-0.1, -0.05) is 30.3 Å². The van der Waals surface area contributed by atoms with Gasteiger partial charge in [0.1, 0.15) is 0 Å². The van der Waals surface area contributed by atoms with Gasteiger partial charge in [0, 0.05) is 7.05 Å². The average molecular weight is 244 g/mol. The molecule has 1 atom stereocenters. The van der Waals surface area contributed by atoms with Crippen LogP contribution in [-0.2, 0) is 11.2 Å². The van der Waals surface area contributed by atoms with Crippen molar-refractivity contribution < 1.29 is 4.79 Å². The largest absolute Gasteiger partial charge is 0.326 e. The first-order valence-electron chi connectivity index (χ1n) is 6.81. The Labute approximate surface area is 108 Å². The summed E-state index contributed by atoms with van der Waals surface area (Å²) < 4.78 is 0. The molecule has 1 saturated heterocycles. The predicted molar refractivity (Wildman–Crippen MR) is 71.0 cm³/mol. The van der Waals surface area contributed by atoms with Crippen LogP contribution in [0.25, 0.3) is 0 Å². The highest BCUT2D eigenvalue weighted by Crippen LogP contribution is 2.36. The summed E-state index contributed by atoms with van der Waals surface area (Å²) in [6, 6.07) is 10.2. The Hall–Kier alpha value is -1.35. The van der Waals surface area contributed by atoms with Crippen molar-refractivity contribution in [3.8, 4) is 0 Å². The Bertz CT molecular complexity index is 437. The molecule has 1 aliphatic heterocycles. The van der Waals surface area contributed by atoms with Gasteiger partial charge in [-0.15, -0.1) is 0 Å². The van der Waals surface area contributed by atoms with Crippen molar-refractivity contribution >= 4 is 5.91 Å². The van der Waals surface area contributed by atoms with E-state index in [0.29, 0.717) is 0 Å². The summed E-state index contributed by atoms with van der Waals surface area (Å²) in [5, 5.41) is 3.59. The monoisotopic (exact) mass is 244 g/mol. The van der Waals surface area contributed by atoms with Gasteiger partial charge in [0.15, 0.2) is 0 Å². The molecule has 1 amide bonds. The second-order valence-electron chi connectivity index (χ2n) is 5.52. The number of carbonyl (C=O) groups excluding carboxylic acids is 1. The Morgan fingerprint density at radius 3 is 2.61 bits per heavy atom. The molecular formula is C15H20N2O. The van der Waals surface area contributed by atoms with Crippen molar-refractivity contribution in [3.63, 3.8) is 0 Å². The van der Waals surface area contributed by atoms with Crippen LogP contribution < -0.4 is 5.32 Å². The van der Waals surface area contributed by atoms with Gasteiger partial charge in [-0.05, 0) is 37.7 Å². The van der Waals surface area contributed by atoms with Crippen LogP contribution in [0.3, 0.4) is 0 Å². The summed E-state index contributed by atoms with van der Waals surface area (Å²) in [6.45, 7) is 0. The number of nitrogens with one attached hydrogen (secondary N) is 1. The number of hydrogen-bond donors (Lipinski definition) is 1. The molecule has 2 fully saturated rings. The molecule has 0 radical (unpaired) electrons. The molecule has 1 spiro atoms. The lowest BCUT2D eigenvalue weighted by molar-refractivity contribution is -0.130. The van der Waals surface area contributed by atoms with Crippen LogP contribution in [0.5, 0.6) is 0 Å². The number of benzene rings is 1. The highest BCUT2D eigenvalue weighted by molar-refractivity contribution is 5.85. The van der Waals surface area contributed by atoms with E-state index in [4.69, 9.17) is 0 Å². The molecule has 0 aromatic heterocycles. The fourth-order valence-corrected chi connectivity index (χ4v) is 3.36. The molecule has 1 heterocycles. The van der Waals surface area contributed by atoms with Gasteiger partial charge >= 0.3 is 0 Å². The minimum atomic E-state index is -0.0458. The third-order valence-corrected chi connectivity index (χ3v) is 4.43. The molecule has 0 bridgehead atoms. The molecule has 1 saturated carbocycles. The zero-order valence-electron chi connectivity index (χ0n) is 10.9.